The van der Waals surface area contributed by atoms with Crippen LogP contribution < -0.4 is 9.80 Å². The van der Waals surface area contributed by atoms with Gasteiger partial charge >= 0.3 is 0 Å². The first-order valence-corrected chi connectivity index (χ1v) is 10.7. The summed E-state index contributed by atoms with van der Waals surface area (Å²) in [5, 5.41) is 0. The molecule has 0 aliphatic carbocycles. The summed E-state index contributed by atoms with van der Waals surface area (Å²) in [7, 11) is 0. The first-order valence-electron chi connectivity index (χ1n) is 10.7. The topological polar surface area (TPSA) is 48.4 Å². The molecule has 6 heteroatoms. The summed E-state index contributed by atoms with van der Waals surface area (Å²) in [5.41, 5.74) is 3.62. The van der Waals surface area contributed by atoms with Gasteiger partial charge in [0.05, 0.1) is 5.69 Å². The summed E-state index contributed by atoms with van der Waals surface area (Å²) >= 11 is 0. The molecule has 2 aliphatic heterocycles. The molecule has 28 heavy (non-hydrogen) atoms. The Kier molecular flexibility index (Phi) is 6.05. The molecule has 2 aliphatic rings. The highest BCUT2D eigenvalue weighted by Gasteiger charge is 2.21. The molecule has 0 radical (unpaired) electrons. The molecule has 2 aromatic rings. The number of pyridine rings is 1. The fraction of sp³-hybridized carbons (Fsp3) is 0.591. The summed E-state index contributed by atoms with van der Waals surface area (Å²) in [5.74, 6) is 2.03. The third kappa shape index (κ3) is 4.43. The van der Waals surface area contributed by atoms with Gasteiger partial charge in [0.15, 0.2) is 0 Å². The van der Waals surface area contributed by atoms with E-state index in [0.29, 0.717) is 0 Å². The number of aryl methyl sites for hydroxylation is 2. The molecule has 6 nitrogen and oxygen atoms in total. The number of anilines is 2. The molecule has 4 rings (SSSR count). The zero-order valence-electron chi connectivity index (χ0n) is 17.3. The van der Waals surface area contributed by atoms with Gasteiger partial charge in [0, 0.05) is 63.8 Å². The Bertz CT molecular complexity index is 778. The maximum Gasteiger partial charge on any atom is 0.227 e. The van der Waals surface area contributed by atoms with Crippen molar-refractivity contribution in [3.8, 4) is 0 Å². The second-order valence-corrected chi connectivity index (χ2v) is 7.95. The predicted molar refractivity (Wildman–Crippen MR) is 114 cm³/mol. The first-order chi connectivity index (χ1) is 13.7. The van der Waals surface area contributed by atoms with E-state index in [1.165, 1.54) is 30.5 Å². The molecule has 2 saturated heterocycles. The minimum atomic E-state index is 0.931. The van der Waals surface area contributed by atoms with Gasteiger partial charge in [-0.25, -0.2) is 4.98 Å². The highest BCUT2D eigenvalue weighted by molar-refractivity contribution is 5.46. The molecule has 2 aromatic heterocycles. The van der Waals surface area contributed by atoms with Crippen LogP contribution in [0.5, 0.6) is 0 Å². The number of piperazine rings is 1. The van der Waals surface area contributed by atoms with Crippen molar-refractivity contribution in [3.05, 3.63) is 41.3 Å². The molecule has 0 aromatic carbocycles. The Balaban J connectivity index is 1.43. The molecule has 0 unspecified atom stereocenters. The largest absolute Gasteiger partial charge is 0.354 e. The van der Waals surface area contributed by atoms with Crippen LogP contribution in [0.15, 0.2) is 24.4 Å². The Morgan fingerprint density at radius 3 is 2.43 bits per heavy atom. The minimum absolute atomic E-state index is 0.931. The van der Waals surface area contributed by atoms with E-state index in [1.54, 1.807) is 0 Å². The van der Waals surface area contributed by atoms with Crippen LogP contribution in [0.25, 0.3) is 0 Å². The standard InChI is InChI=1S/C22H32N6/c1-3-19-16-21(25-22(24-19)28-10-5-4-6-11-28)27-14-12-26(13-15-27)17-20-18(2)8-7-9-23-20/h7-9,16H,3-6,10-15,17H2,1-2H3. The van der Waals surface area contributed by atoms with E-state index in [0.717, 1.165) is 69.7 Å². The molecular formula is C22H32N6. The first kappa shape index (κ1) is 19.1. The Morgan fingerprint density at radius 1 is 0.929 bits per heavy atom. The monoisotopic (exact) mass is 380 g/mol. The van der Waals surface area contributed by atoms with Gasteiger partial charge in [0.2, 0.25) is 5.95 Å². The fourth-order valence-corrected chi connectivity index (χ4v) is 4.08. The van der Waals surface area contributed by atoms with Crippen LogP contribution in [0.3, 0.4) is 0 Å². The Morgan fingerprint density at radius 2 is 1.71 bits per heavy atom. The van der Waals surface area contributed by atoms with Crippen LogP contribution >= 0.6 is 0 Å². The normalized spacial score (nSPS) is 18.5. The summed E-state index contributed by atoms with van der Waals surface area (Å²) < 4.78 is 0. The van der Waals surface area contributed by atoms with Gasteiger partial charge in [-0.2, -0.15) is 4.98 Å². The number of aromatic nitrogens is 3. The smallest absolute Gasteiger partial charge is 0.227 e. The van der Waals surface area contributed by atoms with Crippen LogP contribution in [0.4, 0.5) is 11.8 Å². The predicted octanol–water partition coefficient (Wildman–Crippen LogP) is 3.05. The molecule has 0 N–H and O–H groups in total. The third-order valence-electron chi connectivity index (χ3n) is 5.94. The van der Waals surface area contributed by atoms with Gasteiger partial charge in [-0.05, 0) is 44.2 Å². The number of nitrogens with zero attached hydrogens (tertiary/aromatic N) is 6. The second kappa shape index (κ2) is 8.86. The van der Waals surface area contributed by atoms with Gasteiger partial charge in [-0.3, -0.25) is 9.88 Å². The van der Waals surface area contributed by atoms with Crippen LogP contribution in [0.1, 0.15) is 43.1 Å². The molecular weight excluding hydrogens is 348 g/mol. The van der Waals surface area contributed by atoms with E-state index < -0.39 is 0 Å². The van der Waals surface area contributed by atoms with Crippen LogP contribution in [0, 0.1) is 6.92 Å². The van der Waals surface area contributed by atoms with Crippen molar-refractivity contribution >= 4 is 11.8 Å². The molecule has 4 heterocycles. The quantitative estimate of drug-likeness (QED) is 0.795. The fourth-order valence-electron chi connectivity index (χ4n) is 4.08. The number of hydrogen-bond acceptors (Lipinski definition) is 6. The number of hydrogen-bond donors (Lipinski definition) is 0. The average Bonchev–Trinajstić information content (AvgIpc) is 2.76. The summed E-state index contributed by atoms with van der Waals surface area (Å²) in [6, 6.07) is 6.34. The lowest BCUT2D eigenvalue weighted by Crippen LogP contribution is -2.46. The van der Waals surface area contributed by atoms with Crippen molar-refractivity contribution in [2.45, 2.75) is 46.1 Å². The lowest BCUT2D eigenvalue weighted by atomic mass is 10.1. The lowest BCUT2D eigenvalue weighted by molar-refractivity contribution is 0.246. The highest BCUT2D eigenvalue weighted by atomic mass is 15.3. The molecule has 0 amide bonds. The molecule has 2 fully saturated rings. The van der Waals surface area contributed by atoms with Gasteiger partial charge in [-0.15, -0.1) is 0 Å². The van der Waals surface area contributed by atoms with Crippen molar-refractivity contribution in [2.75, 3.05) is 49.1 Å². The summed E-state index contributed by atoms with van der Waals surface area (Å²) in [6.07, 6.45) is 6.68. The lowest BCUT2D eigenvalue weighted by Gasteiger charge is -2.36. The number of rotatable bonds is 5. The van der Waals surface area contributed by atoms with Gasteiger partial charge in [0.1, 0.15) is 5.82 Å². The molecule has 0 spiro atoms. The van der Waals surface area contributed by atoms with Crippen molar-refractivity contribution in [1.82, 2.24) is 19.9 Å². The van der Waals surface area contributed by atoms with Crippen LogP contribution in [-0.4, -0.2) is 59.1 Å². The van der Waals surface area contributed by atoms with Gasteiger partial charge in [0.25, 0.3) is 0 Å². The third-order valence-corrected chi connectivity index (χ3v) is 5.94. The number of piperidine rings is 1. The van der Waals surface area contributed by atoms with Crippen LogP contribution in [-0.2, 0) is 13.0 Å². The second-order valence-electron chi connectivity index (χ2n) is 7.95. The van der Waals surface area contributed by atoms with Crippen molar-refractivity contribution in [2.24, 2.45) is 0 Å². The van der Waals surface area contributed by atoms with Crippen molar-refractivity contribution in [3.63, 3.8) is 0 Å². The summed E-state index contributed by atoms with van der Waals surface area (Å²) in [4.78, 5) is 21.6. The molecule has 0 bridgehead atoms. The Labute approximate surface area is 168 Å². The van der Waals surface area contributed by atoms with Gasteiger partial charge < -0.3 is 9.80 Å². The maximum atomic E-state index is 4.96. The molecule has 150 valence electrons. The Hall–Kier alpha value is -2.21. The van der Waals surface area contributed by atoms with E-state index in [9.17, 15) is 0 Å². The highest BCUT2D eigenvalue weighted by Crippen LogP contribution is 2.22. The zero-order valence-corrected chi connectivity index (χ0v) is 17.3. The van der Waals surface area contributed by atoms with E-state index in [-0.39, 0.29) is 0 Å². The average molecular weight is 381 g/mol. The van der Waals surface area contributed by atoms with Crippen LogP contribution in [0.2, 0.25) is 0 Å². The minimum Gasteiger partial charge on any atom is -0.354 e. The van der Waals surface area contributed by atoms with E-state index in [4.69, 9.17) is 9.97 Å². The maximum absolute atomic E-state index is 4.96. The molecule has 0 atom stereocenters. The van der Waals surface area contributed by atoms with E-state index in [1.807, 2.05) is 12.3 Å². The molecule has 0 saturated carbocycles. The van der Waals surface area contributed by atoms with Crippen molar-refractivity contribution < 1.29 is 0 Å². The SMILES string of the molecule is CCc1cc(N2CCN(Cc3ncccc3C)CC2)nc(N2CCCCC2)n1. The van der Waals surface area contributed by atoms with E-state index in [2.05, 4.69) is 45.7 Å². The van der Waals surface area contributed by atoms with Crippen molar-refractivity contribution in [1.29, 1.82) is 0 Å². The van der Waals surface area contributed by atoms with Gasteiger partial charge in [-0.1, -0.05) is 13.0 Å². The zero-order chi connectivity index (χ0) is 19.3. The summed E-state index contributed by atoms with van der Waals surface area (Å²) in [6.45, 7) is 11.5. The van der Waals surface area contributed by atoms with E-state index >= 15 is 0 Å².